The van der Waals surface area contributed by atoms with Gasteiger partial charge in [-0.25, -0.2) is 27.0 Å². The van der Waals surface area contributed by atoms with E-state index in [-0.39, 0.29) is 41.5 Å². The number of halogens is 5. The summed E-state index contributed by atoms with van der Waals surface area (Å²) in [6.45, 7) is 4.24. The lowest BCUT2D eigenvalue weighted by molar-refractivity contribution is -0.161. The molecule has 8 rings (SSSR count). The molecule has 0 bridgehead atoms. The van der Waals surface area contributed by atoms with Crippen LogP contribution in [-0.4, -0.2) is 113 Å². The number of nitrogens with zero attached hydrogens (tertiary/aromatic N) is 3. The summed E-state index contributed by atoms with van der Waals surface area (Å²) in [6.07, 6.45) is -0.277. The molecule has 0 radical (unpaired) electrons. The Bertz CT molecular complexity index is 2400. The van der Waals surface area contributed by atoms with Gasteiger partial charge in [0.25, 0.3) is 11.8 Å². The standard InChI is InChI=1S/C43H53F5N6O9S/c1-38(2,3)63-37(58)50-28-12-10-8-6-7-9-11-24-18-42(24,36(57)52-64(59,60)39(4)15-16-39)51-34(55)30-20-40(21-54(30)35(28)56)19-29(53-22-41(44,45)23-53)31-26-17-25(61-5)13-14-27(26)49-33(32(31)62-40)43(46,47)48/h9,11,13-14,17,24,28-30H,6-8,10,12,15-16,18-23H2,1-5H3,(H,50,58)(H,51,55)(H,52,57)/b11-9-/t24-,28+,29-,30+,40-,42-/m1/s1. The Morgan fingerprint density at radius 1 is 1.00 bits per heavy atom. The fourth-order valence-electron chi connectivity index (χ4n) is 9.45. The number of aromatic nitrogens is 1. The predicted octanol–water partition coefficient (Wildman–Crippen LogP) is 5.66. The van der Waals surface area contributed by atoms with Gasteiger partial charge in [0.15, 0.2) is 11.4 Å². The number of alkyl halides is 5. The van der Waals surface area contributed by atoms with E-state index in [1.165, 1.54) is 37.1 Å². The molecule has 0 unspecified atom stereocenters. The SMILES string of the molecule is COc1ccc2nc(C(F)(F)F)c3c(c2c1)[C@H](N1CC(F)(F)C1)C[C@]1(C[C@H]2C(=O)N[C@]4(C(=O)NS(=O)(=O)C5(C)CC5)C[C@H]4/C=C\CCCCC[C@H](NC(=O)OC(C)(C)C)C(=O)N2C1)O3. The number of alkyl carbamates (subject to hydrolysis) is 1. The van der Waals surface area contributed by atoms with Crippen LogP contribution in [0.3, 0.4) is 0 Å². The molecule has 1 spiro atoms. The van der Waals surface area contributed by atoms with Gasteiger partial charge < -0.3 is 29.7 Å². The summed E-state index contributed by atoms with van der Waals surface area (Å²) in [5.74, 6) is -7.01. The van der Waals surface area contributed by atoms with E-state index >= 15 is 13.2 Å². The fraction of sp³-hybridized carbons (Fsp3) is 0.651. The maximum Gasteiger partial charge on any atom is 0.437 e. The zero-order chi connectivity index (χ0) is 46.4. The van der Waals surface area contributed by atoms with Gasteiger partial charge in [-0.1, -0.05) is 25.0 Å². The van der Waals surface area contributed by atoms with Crippen LogP contribution in [0.4, 0.5) is 26.7 Å². The van der Waals surface area contributed by atoms with Crippen LogP contribution in [0.15, 0.2) is 30.4 Å². The maximum atomic E-state index is 15.1. The van der Waals surface area contributed by atoms with E-state index in [0.717, 1.165) is 4.90 Å². The first-order chi connectivity index (χ1) is 29.8. The minimum absolute atomic E-state index is 0.00815. The Morgan fingerprint density at radius 3 is 2.34 bits per heavy atom. The molecular formula is C43H53F5N6O9S. The number of carbonyl (C=O) groups is 4. The van der Waals surface area contributed by atoms with Gasteiger partial charge in [-0.05, 0) is 84.4 Å². The summed E-state index contributed by atoms with van der Waals surface area (Å²) in [5, 5.41) is 5.53. The molecule has 2 aromatic rings. The third-order valence-corrected chi connectivity index (χ3v) is 15.4. The first-order valence-electron chi connectivity index (χ1n) is 21.5. The van der Waals surface area contributed by atoms with Crippen molar-refractivity contribution in [3.05, 3.63) is 41.6 Å². The highest BCUT2D eigenvalue weighted by molar-refractivity contribution is 7.91. The van der Waals surface area contributed by atoms with Crippen LogP contribution in [-0.2, 0) is 35.3 Å². The lowest BCUT2D eigenvalue weighted by Crippen LogP contribution is -2.60. The van der Waals surface area contributed by atoms with E-state index in [1.807, 2.05) is 6.08 Å². The predicted molar refractivity (Wildman–Crippen MR) is 220 cm³/mol. The minimum Gasteiger partial charge on any atom is -0.497 e. The Balaban J connectivity index is 1.23. The summed E-state index contributed by atoms with van der Waals surface area (Å²) >= 11 is 0. The zero-order valence-electron chi connectivity index (χ0n) is 36.2. The van der Waals surface area contributed by atoms with Crippen LogP contribution in [0, 0.1) is 5.92 Å². The van der Waals surface area contributed by atoms with Gasteiger partial charge in [-0.2, -0.15) is 13.2 Å². The molecule has 5 heterocycles. The number of methoxy groups -OCH3 is 1. The van der Waals surface area contributed by atoms with Gasteiger partial charge in [0, 0.05) is 35.8 Å². The fourth-order valence-corrected chi connectivity index (χ4v) is 10.8. The van der Waals surface area contributed by atoms with Crippen molar-refractivity contribution in [3.63, 3.8) is 0 Å². The normalized spacial score (nSPS) is 30.8. The number of likely N-dealkylation sites (tertiary alicyclic amines) is 1. The van der Waals surface area contributed by atoms with Crippen LogP contribution in [0.1, 0.15) is 109 Å². The number of amides is 4. The summed E-state index contributed by atoms with van der Waals surface area (Å²) in [5.41, 5.74) is -6.18. The van der Waals surface area contributed by atoms with E-state index in [2.05, 4.69) is 20.3 Å². The third-order valence-electron chi connectivity index (χ3n) is 13.3. The number of hydrogen-bond donors (Lipinski definition) is 3. The van der Waals surface area contributed by atoms with Gasteiger partial charge in [-0.3, -0.25) is 24.0 Å². The van der Waals surface area contributed by atoms with E-state index in [4.69, 9.17) is 14.2 Å². The second-order valence-electron chi connectivity index (χ2n) is 19.5. The van der Waals surface area contributed by atoms with Crippen molar-refractivity contribution in [3.8, 4) is 11.5 Å². The monoisotopic (exact) mass is 924 g/mol. The van der Waals surface area contributed by atoms with Crippen molar-refractivity contribution in [1.82, 2.24) is 30.1 Å². The topological polar surface area (TPSA) is 186 Å². The Kier molecular flexibility index (Phi) is 11.2. The molecule has 4 aliphatic heterocycles. The number of fused-ring (bicyclic) bond motifs is 5. The van der Waals surface area contributed by atoms with E-state index < -0.39 is 129 Å². The molecule has 4 amide bonds. The number of benzene rings is 1. The van der Waals surface area contributed by atoms with Crippen molar-refractivity contribution < 1.29 is 63.8 Å². The Morgan fingerprint density at radius 2 is 1.70 bits per heavy atom. The molecule has 6 aliphatic rings. The molecule has 350 valence electrons. The number of sulfonamides is 1. The van der Waals surface area contributed by atoms with Crippen molar-refractivity contribution in [2.24, 2.45) is 5.92 Å². The number of nitrogens with one attached hydrogen (secondary N) is 3. The van der Waals surface area contributed by atoms with Crippen LogP contribution in [0.5, 0.6) is 11.5 Å². The van der Waals surface area contributed by atoms with Gasteiger partial charge in [0.2, 0.25) is 21.8 Å². The number of hydrogen-bond acceptors (Lipinski definition) is 11. The van der Waals surface area contributed by atoms with E-state index in [0.29, 0.717) is 38.5 Å². The number of allylic oxidation sites excluding steroid dienone is 1. The summed E-state index contributed by atoms with van der Waals surface area (Å²) in [4.78, 5) is 63.5. The number of carbonyl (C=O) groups excluding carboxylic acids is 4. The van der Waals surface area contributed by atoms with Gasteiger partial charge in [0.05, 0.1) is 37.0 Å². The van der Waals surface area contributed by atoms with Crippen molar-refractivity contribution in [2.75, 3.05) is 26.7 Å². The minimum atomic E-state index is -5.12. The molecular weight excluding hydrogens is 872 g/mol. The van der Waals surface area contributed by atoms with E-state index in [9.17, 15) is 36.4 Å². The molecule has 4 fully saturated rings. The molecule has 21 heteroatoms. The molecule has 2 saturated carbocycles. The first-order valence-corrected chi connectivity index (χ1v) is 23.0. The lowest BCUT2D eigenvalue weighted by Gasteiger charge is -2.50. The van der Waals surface area contributed by atoms with E-state index in [1.54, 1.807) is 26.8 Å². The molecule has 3 N–H and O–H groups in total. The molecule has 1 aromatic carbocycles. The van der Waals surface area contributed by atoms with Crippen LogP contribution < -0.4 is 24.8 Å². The van der Waals surface area contributed by atoms with Gasteiger partial charge >= 0.3 is 12.3 Å². The maximum absolute atomic E-state index is 15.1. The van der Waals surface area contributed by atoms with Crippen molar-refractivity contribution in [1.29, 1.82) is 0 Å². The molecule has 1 aromatic heterocycles. The van der Waals surface area contributed by atoms with Crippen LogP contribution in [0.2, 0.25) is 0 Å². The molecule has 2 saturated heterocycles. The van der Waals surface area contributed by atoms with Crippen LogP contribution in [0.25, 0.3) is 10.9 Å². The number of ether oxygens (including phenoxy) is 3. The Hall–Kier alpha value is -4.79. The molecule has 2 aliphatic carbocycles. The first kappa shape index (κ1) is 45.8. The van der Waals surface area contributed by atoms with Crippen LogP contribution >= 0.6 is 0 Å². The quantitative estimate of drug-likeness (QED) is 0.240. The average molecular weight is 925 g/mol. The summed E-state index contributed by atoms with van der Waals surface area (Å²) in [7, 11) is -2.81. The summed E-state index contributed by atoms with van der Waals surface area (Å²) < 4.78 is 120. The molecule has 6 atom stereocenters. The number of pyridine rings is 1. The van der Waals surface area contributed by atoms with Gasteiger partial charge in [0.1, 0.15) is 34.6 Å². The second kappa shape index (κ2) is 15.7. The molecule has 64 heavy (non-hydrogen) atoms. The third kappa shape index (κ3) is 8.69. The van der Waals surface area contributed by atoms with Crippen molar-refractivity contribution >= 4 is 44.7 Å². The second-order valence-corrected chi connectivity index (χ2v) is 21.7. The number of rotatable bonds is 6. The summed E-state index contributed by atoms with van der Waals surface area (Å²) in [6, 6.07) is 0.148. The highest BCUT2D eigenvalue weighted by atomic mass is 32.2. The van der Waals surface area contributed by atoms with Crippen molar-refractivity contribution in [2.45, 2.75) is 144 Å². The Labute approximate surface area is 367 Å². The smallest absolute Gasteiger partial charge is 0.437 e. The highest BCUT2D eigenvalue weighted by Crippen LogP contribution is 2.56. The van der Waals surface area contributed by atoms with Gasteiger partial charge in [-0.15, -0.1) is 0 Å². The zero-order valence-corrected chi connectivity index (χ0v) is 37.0. The molecule has 15 nitrogen and oxygen atoms in total. The largest absolute Gasteiger partial charge is 0.497 e. The lowest BCUT2D eigenvalue weighted by atomic mass is 9.81. The average Bonchev–Trinajstić information content (AvgIpc) is 4.08. The highest BCUT2D eigenvalue weighted by Gasteiger charge is 2.65.